The SMILES string of the molecule is Cc1cc(C)c(COC(=O)[C@H]2[C@@H]3CCC(=O)[C@@H]32)c(C)c1. The van der Waals surface area contributed by atoms with Crippen LogP contribution >= 0.6 is 0 Å². The Labute approximate surface area is 119 Å². The lowest BCUT2D eigenvalue weighted by molar-refractivity contribution is -0.148. The van der Waals surface area contributed by atoms with Gasteiger partial charge in [0.15, 0.2) is 0 Å². The molecule has 0 saturated heterocycles. The molecule has 0 aromatic heterocycles. The minimum absolute atomic E-state index is 0.0253. The van der Waals surface area contributed by atoms with E-state index < -0.39 is 0 Å². The number of fused-ring (bicyclic) bond motifs is 1. The van der Waals surface area contributed by atoms with Crippen molar-refractivity contribution in [1.82, 2.24) is 0 Å². The van der Waals surface area contributed by atoms with Gasteiger partial charge in [-0.15, -0.1) is 0 Å². The maximum Gasteiger partial charge on any atom is 0.310 e. The predicted octanol–water partition coefficient (Wildman–Crippen LogP) is 2.88. The summed E-state index contributed by atoms with van der Waals surface area (Å²) in [6.07, 6.45) is 1.52. The summed E-state index contributed by atoms with van der Waals surface area (Å²) < 4.78 is 5.45. The van der Waals surface area contributed by atoms with Gasteiger partial charge in [0.1, 0.15) is 12.4 Å². The first-order chi connectivity index (χ1) is 9.49. The number of ketones is 1. The van der Waals surface area contributed by atoms with Gasteiger partial charge < -0.3 is 4.74 Å². The number of rotatable bonds is 3. The standard InChI is InChI=1S/C17H20O3/c1-9-6-10(2)13(11(3)7-9)8-20-17(19)16-12-4-5-14(18)15(12)16/h6-7,12,15-16H,4-5,8H2,1-3H3/t12-,15-,16+/m1/s1. The van der Waals surface area contributed by atoms with E-state index >= 15 is 0 Å². The van der Waals surface area contributed by atoms with E-state index in [1.54, 1.807) is 0 Å². The zero-order chi connectivity index (χ0) is 14.4. The summed E-state index contributed by atoms with van der Waals surface area (Å²) in [6.45, 7) is 6.46. The van der Waals surface area contributed by atoms with Crippen LogP contribution in [0.5, 0.6) is 0 Å². The van der Waals surface area contributed by atoms with Crippen LogP contribution < -0.4 is 0 Å². The molecule has 0 bridgehead atoms. The fourth-order valence-corrected chi connectivity index (χ4v) is 3.65. The van der Waals surface area contributed by atoms with E-state index in [9.17, 15) is 9.59 Å². The number of esters is 1. The van der Waals surface area contributed by atoms with E-state index in [-0.39, 0.29) is 29.5 Å². The molecule has 0 amide bonds. The maximum absolute atomic E-state index is 12.1. The highest BCUT2D eigenvalue weighted by molar-refractivity contribution is 5.94. The van der Waals surface area contributed by atoms with Crippen molar-refractivity contribution in [2.75, 3.05) is 0 Å². The lowest BCUT2D eigenvalue weighted by Crippen LogP contribution is -2.14. The van der Waals surface area contributed by atoms with Gasteiger partial charge in [-0.1, -0.05) is 17.7 Å². The molecule has 0 N–H and O–H groups in total. The third-order valence-corrected chi connectivity index (χ3v) is 4.74. The molecule has 2 aliphatic carbocycles. The average Bonchev–Trinajstić information content (AvgIpc) is 2.98. The topological polar surface area (TPSA) is 43.4 Å². The predicted molar refractivity (Wildman–Crippen MR) is 75.2 cm³/mol. The van der Waals surface area contributed by atoms with Crippen molar-refractivity contribution >= 4 is 11.8 Å². The number of carbonyl (C=O) groups is 2. The fourth-order valence-electron chi connectivity index (χ4n) is 3.65. The molecule has 3 nitrogen and oxygen atoms in total. The van der Waals surface area contributed by atoms with Crippen LogP contribution in [0.4, 0.5) is 0 Å². The van der Waals surface area contributed by atoms with Crippen molar-refractivity contribution in [3.8, 4) is 0 Å². The second kappa shape index (κ2) is 4.72. The van der Waals surface area contributed by atoms with Gasteiger partial charge >= 0.3 is 5.97 Å². The average molecular weight is 272 g/mol. The fraction of sp³-hybridized carbons (Fsp3) is 0.529. The minimum Gasteiger partial charge on any atom is -0.461 e. The van der Waals surface area contributed by atoms with Crippen molar-refractivity contribution in [1.29, 1.82) is 0 Å². The summed E-state index contributed by atoms with van der Waals surface area (Å²) in [6, 6.07) is 4.21. The molecule has 1 aromatic rings. The number of ether oxygens (including phenoxy) is 1. The lowest BCUT2D eigenvalue weighted by atomic mass is 10.0. The molecular weight excluding hydrogens is 252 g/mol. The molecule has 20 heavy (non-hydrogen) atoms. The molecule has 3 atom stereocenters. The number of aryl methyl sites for hydroxylation is 3. The number of carbonyl (C=O) groups excluding carboxylic acids is 2. The van der Waals surface area contributed by atoms with Crippen molar-refractivity contribution < 1.29 is 14.3 Å². The molecule has 0 aliphatic heterocycles. The van der Waals surface area contributed by atoms with Gasteiger partial charge in [0.05, 0.1) is 5.92 Å². The van der Waals surface area contributed by atoms with Crippen molar-refractivity contribution in [2.45, 2.75) is 40.2 Å². The van der Waals surface area contributed by atoms with Crippen LogP contribution in [0.3, 0.4) is 0 Å². The van der Waals surface area contributed by atoms with Crippen LogP contribution in [-0.4, -0.2) is 11.8 Å². The van der Waals surface area contributed by atoms with Crippen LogP contribution in [0.1, 0.15) is 35.1 Å². The zero-order valence-corrected chi connectivity index (χ0v) is 12.2. The Kier molecular flexibility index (Phi) is 3.15. The number of hydrogen-bond donors (Lipinski definition) is 0. The van der Waals surface area contributed by atoms with Crippen molar-refractivity contribution in [3.63, 3.8) is 0 Å². The van der Waals surface area contributed by atoms with Gasteiger partial charge in [-0.05, 0) is 49.8 Å². The van der Waals surface area contributed by atoms with Gasteiger partial charge in [0.2, 0.25) is 0 Å². The molecule has 0 heterocycles. The van der Waals surface area contributed by atoms with Gasteiger partial charge in [-0.25, -0.2) is 0 Å². The highest BCUT2D eigenvalue weighted by Gasteiger charge is 2.62. The molecular formula is C17H20O3. The smallest absolute Gasteiger partial charge is 0.310 e. The van der Waals surface area contributed by atoms with E-state index in [4.69, 9.17) is 4.74 Å². The summed E-state index contributed by atoms with van der Waals surface area (Å²) >= 11 is 0. The maximum atomic E-state index is 12.1. The molecule has 0 unspecified atom stereocenters. The van der Waals surface area contributed by atoms with Crippen LogP contribution in [0, 0.1) is 38.5 Å². The van der Waals surface area contributed by atoms with Crippen molar-refractivity contribution in [3.05, 3.63) is 34.4 Å². The van der Waals surface area contributed by atoms with Gasteiger partial charge in [-0.2, -0.15) is 0 Å². The van der Waals surface area contributed by atoms with E-state index in [2.05, 4.69) is 19.1 Å². The van der Waals surface area contributed by atoms with E-state index in [0.717, 1.165) is 23.1 Å². The lowest BCUT2D eigenvalue weighted by Gasteiger charge is -2.12. The first kappa shape index (κ1) is 13.3. The van der Waals surface area contributed by atoms with Gasteiger partial charge in [-0.3, -0.25) is 9.59 Å². The number of hydrogen-bond acceptors (Lipinski definition) is 3. The van der Waals surface area contributed by atoms with E-state index in [0.29, 0.717) is 13.0 Å². The number of benzene rings is 1. The Morgan fingerprint density at radius 2 is 1.90 bits per heavy atom. The second-order valence-electron chi connectivity index (χ2n) is 6.21. The molecule has 0 radical (unpaired) electrons. The zero-order valence-electron chi connectivity index (χ0n) is 12.2. The molecule has 2 saturated carbocycles. The van der Waals surface area contributed by atoms with E-state index in [1.807, 2.05) is 13.8 Å². The van der Waals surface area contributed by atoms with E-state index in [1.165, 1.54) is 5.56 Å². The molecule has 106 valence electrons. The first-order valence-electron chi connectivity index (χ1n) is 7.25. The highest BCUT2D eigenvalue weighted by Crippen LogP contribution is 2.55. The highest BCUT2D eigenvalue weighted by atomic mass is 16.5. The second-order valence-corrected chi connectivity index (χ2v) is 6.21. The third kappa shape index (κ3) is 2.15. The summed E-state index contributed by atoms with van der Waals surface area (Å²) in [5.41, 5.74) is 4.61. The summed E-state index contributed by atoms with van der Waals surface area (Å²) in [5.74, 6) is 0.160. The van der Waals surface area contributed by atoms with Gasteiger partial charge in [0, 0.05) is 12.3 Å². The summed E-state index contributed by atoms with van der Waals surface area (Å²) in [4.78, 5) is 23.6. The Hall–Kier alpha value is -1.64. The molecule has 0 spiro atoms. The number of Topliss-reactive ketones (excluding diaryl/α,β-unsaturated/α-hetero) is 1. The van der Waals surface area contributed by atoms with Crippen LogP contribution in [0.15, 0.2) is 12.1 Å². The quantitative estimate of drug-likeness (QED) is 0.795. The third-order valence-electron chi connectivity index (χ3n) is 4.74. The minimum atomic E-state index is -0.188. The monoisotopic (exact) mass is 272 g/mol. The first-order valence-corrected chi connectivity index (χ1v) is 7.25. The largest absolute Gasteiger partial charge is 0.461 e. The Balaban J connectivity index is 1.63. The molecule has 2 fully saturated rings. The normalized spacial score (nSPS) is 27.4. The van der Waals surface area contributed by atoms with Crippen molar-refractivity contribution in [2.24, 2.45) is 17.8 Å². The van der Waals surface area contributed by atoms with Crippen LogP contribution in [0.25, 0.3) is 0 Å². The Morgan fingerprint density at radius 1 is 1.25 bits per heavy atom. The van der Waals surface area contributed by atoms with Crippen LogP contribution in [0.2, 0.25) is 0 Å². The molecule has 2 aliphatic rings. The molecule has 1 aromatic carbocycles. The summed E-state index contributed by atoms with van der Waals surface area (Å²) in [5, 5.41) is 0. The Bertz CT molecular complexity index is 565. The molecule has 3 heteroatoms. The Morgan fingerprint density at radius 3 is 2.45 bits per heavy atom. The van der Waals surface area contributed by atoms with Gasteiger partial charge in [0.25, 0.3) is 0 Å². The van der Waals surface area contributed by atoms with Crippen LogP contribution in [-0.2, 0) is 20.9 Å². The summed E-state index contributed by atoms with van der Waals surface area (Å²) in [7, 11) is 0. The molecule has 3 rings (SSSR count).